The lowest BCUT2D eigenvalue weighted by Gasteiger charge is -2.11. The number of hydrogen-bond donors (Lipinski definition) is 2. The first kappa shape index (κ1) is 12.7. The normalized spacial score (nSPS) is 11.8. The number of carbonyl (C=O) groups is 2. The fraction of sp³-hybridized carbons (Fsp3) is 0.200. The number of nitrogens with zero attached hydrogens (tertiary/aromatic N) is 2. The molecule has 0 aliphatic heterocycles. The van der Waals surface area contributed by atoms with Crippen LogP contribution < -0.4 is 10.6 Å². The standard InChI is InChI=1S/C10H10N4O2S2/c1-6(8(15)13-10-14-11-5-18-10)12-9(16)7-3-2-4-17-7/h2-6H,1H3,(H,12,16)(H,13,14,15). The van der Waals surface area contributed by atoms with Crippen molar-refractivity contribution in [3.05, 3.63) is 27.9 Å². The molecule has 2 heterocycles. The minimum Gasteiger partial charge on any atom is -0.340 e. The van der Waals surface area contributed by atoms with Crippen molar-refractivity contribution < 1.29 is 9.59 Å². The smallest absolute Gasteiger partial charge is 0.261 e. The number of carbonyl (C=O) groups excluding carboxylic acids is 2. The van der Waals surface area contributed by atoms with Gasteiger partial charge in [-0.15, -0.1) is 21.5 Å². The maximum atomic E-state index is 11.7. The lowest BCUT2D eigenvalue weighted by Crippen LogP contribution is -2.41. The van der Waals surface area contributed by atoms with Crippen molar-refractivity contribution in [3.8, 4) is 0 Å². The van der Waals surface area contributed by atoms with E-state index in [1.165, 1.54) is 28.2 Å². The molecule has 2 aromatic heterocycles. The minimum atomic E-state index is -0.636. The summed E-state index contributed by atoms with van der Waals surface area (Å²) in [4.78, 5) is 24.0. The van der Waals surface area contributed by atoms with Crippen LogP contribution in [0.4, 0.5) is 5.13 Å². The van der Waals surface area contributed by atoms with Crippen LogP contribution >= 0.6 is 22.7 Å². The Labute approximate surface area is 111 Å². The monoisotopic (exact) mass is 282 g/mol. The molecule has 0 bridgehead atoms. The first-order valence-corrected chi connectivity index (χ1v) is 6.84. The van der Waals surface area contributed by atoms with E-state index >= 15 is 0 Å². The maximum Gasteiger partial charge on any atom is 0.261 e. The van der Waals surface area contributed by atoms with Crippen LogP contribution in [-0.2, 0) is 4.79 Å². The van der Waals surface area contributed by atoms with Gasteiger partial charge in [0.15, 0.2) is 0 Å². The third-order valence-corrected chi connectivity index (χ3v) is 3.55. The summed E-state index contributed by atoms with van der Waals surface area (Å²) in [6.07, 6.45) is 0. The number of nitrogens with one attached hydrogen (secondary N) is 2. The summed E-state index contributed by atoms with van der Waals surface area (Å²) in [5.74, 6) is -0.582. The van der Waals surface area contributed by atoms with Crippen LogP contribution in [0.2, 0.25) is 0 Å². The van der Waals surface area contributed by atoms with Crippen LogP contribution in [0, 0.1) is 0 Å². The predicted molar refractivity (Wildman–Crippen MR) is 69.8 cm³/mol. The SMILES string of the molecule is CC(NC(=O)c1cccs1)C(=O)Nc1nncs1. The Balaban J connectivity index is 1.89. The molecule has 2 rings (SSSR count). The van der Waals surface area contributed by atoms with Crippen molar-refractivity contribution in [2.24, 2.45) is 0 Å². The fourth-order valence-electron chi connectivity index (χ4n) is 1.18. The van der Waals surface area contributed by atoms with Gasteiger partial charge in [0, 0.05) is 0 Å². The summed E-state index contributed by atoms with van der Waals surface area (Å²) in [6, 6.07) is 2.85. The average molecular weight is 282 g/mol. The molecule has 0 aliphatic carbocycles. The van der Waals surface area contributed by atoms with E-state index in [2.05, 4.69) is 20.8 Å². The highest BCUT2D eigenvalue weighted by Crippen LogP contribution is 2.10. The third-order valence-electron chi connectivity index (χ3n) is 2.08. The lowest BCUT2D eigenvalue weighted by molar-refractivity contribution is -0.117. The molecule has 8 heteroatoms. The fourth-order valence-corrected chi connectivity index (χ4v) is 2.26. The van der Waals surface area contributed by atoms with Crippen molar-refractivity contribution in [1.82, 2.24) is 15.5 Å². The van der Waals surface area contributed by atoms with Gasteiger partial charge in [-0.2, -0.15) is 0 Å². The largest absolute Gasteiger partial charge is 0.340 e. The van der Waals surface area contributed by atoms with Crippen LogP contribution in [0.15, 0.2) is 23.0 Å². The molecule has 0 saturated heterocycles. The molecule has 0 fully saturated rings. The highest BCUT2D eigenvalue weighted by atomic mass is 32.1. The van der Waals surface area contributed by atoms with Gasteiger partial charge in [-0.1, -0.05) is 17.4 Å². The maximum absolute atomic E-state index is 11.7. The Hall–Kier alpha value is -1.80. The quantitative estimate of drug-likeness (QED) is 0.886. The molecule has 2 N–H and O–H groups in total. The zero-order chi connectivity index (χ0) is 13.0. The molecule has 94 valence electrons. The van der Waals surface area contributed by atoms with E-state index in [1.54, 1.807) is 24.4 Å². The molecular weight excluding hydrogens is 272 g/mol. The number of amides is 2. The highest BCUT2D eigenvalue weighted by Gasteiger charge is 2.17. The zero-order valence-electron chi connectivity index (χ0n) is 9.41. The first-order chi connectivity index (χ1) is 8.66. The second-order valence-corrected chi connectivity index (χ2v) is 5.19. The van der Waals surface area contributed by atoms with E-state index in [4.69, 9.17) is 0 Å². The highest BCUT2D eigenvalue weighted by molar-refractivity contribution is 7.13. The lowest BCUT2D eigenvalue weighted by atomic mass is 10.3. The van der Waals surface area contributed by atoms with Gasteiger partial charge in [-0.05, 0) is 18.4 Å². The van der Waals surface area contributed by atoms with Crippen molar-refractivity contribution in [2.75, 3.05) is 5.32 Å². The average Bonchev–Trinajstić information content (AvgIpc) is 3.01. The van der Waals surface area contributed by atoms with Gasteiger partial charge >= 0.3 is 0 Å². The Kier molecular flexibility index (Phi) is 4.00. The van der Waals surface area contributed by atoms with Gasteiger partial charge in [-0.25, -0.2) is 0 Å². The van der Waals surface area contributed by atoms with E-state index in [-0.39, 0.29) is 11.8 Å². The third kappa shape index (κ3) is 3.11. The molecule has 2 aromatic rings. The van der Waals surface area contributed by atoms with Crippen LogP contribution in [0.5, 0.6) is 0 Å². The zero-order valence-corrected chi connectivity index (χ0v) is 11.0. The summed E-state index contributed by atoms with van der Waals surface area (Å²) in [5.41, 5.74) is 1.52. The van der Waals surface area contributed by atoms with Crippen LogP contribution in [0.25, 0.3) is 0 Å². The molecule has 6 nitrogen and oxygen atoms in total. The molecule has 18 heavy (non-hydrogen) atoms. The van der Waals surface area contributed by atoms with Crippen molar-refractivity contribution in [3.63, 3.8) is 0 Å². The Bertz CT molecular complexity index is 524. The Morgan fingerprint density at radius 1 is 1.39 bits per heavy atom. The number of anilines is 1. The molecule has 1 atom stereocenters. The Morgan fingerprint density at radius 2 is 2.22 bits per heavy atom. The first-order valence-electron chi connectivity index (χ1n) is 5.08. The topological polar surface area (TPSA) is 84.0 Å². The van der Waals surface area contributed by atoms with Gasteiger partial charge in [0.25, 0.3) is 5.91 Å². The van der Waals surface area contributed by atoms with Gasteiger partial charge in [0.05, 0.1) is 4.88 Å². The predicted octanol–water partition coefficient (Wildman–Crippen LogP) is 1.36. The van der Waals surface area contributed by atoms with Crippen LogP contribution in [0.3, 0.4) is 0 Å². The van der Waals surface area contributed by atoms with E-state index < -0.39 is 6.04 Å². The van der Waals surface area contributed by atoms with Gasteiger partial charge < -0.3 is 5.32 Å². The number of thiophene rings is 1. The molecular formula is C10H10N4O2S2. The molecule has 0 radical (unpaired) electrons. The van der Waals surface area contributed by atoms with Crippen LogP contribution in [0.1, 0.15) is 16.6 Å². The summed E-state index contributed by atoms with van der Waals surface area (Å²) in [7, 11) is 0. The van der Waals surface area contributed by atoms with Crippen LogP contribution in [-0.4, -0.2) is 28.1 Å². The van der Waals surface area contributed by atoms with Gasteiger partial charge in [0.1, 0.15) is 11.6 Å². The van der Waals surface area contributed by atoms with Crippen molar-refractivity contribution in [2.45, 2.75) is 13.0 Å². The summed E-state index contributed by atoms with van der Waals surface area (Å²) in [6.45, 7) is 1.61. The molecule has 2 amide bonds. The van der Waals surface area contributed by atoms with E-state index in [0.29, 0.717) is 10.0 Å². The summed E-state index contributed by atoms with van der Waals surface area (Å²) in [5, 5.41) is 14.7. The second kappa shape index (κ2) is 5.69. The molecule has 1 unspecified atom stereocenters. The van der Waals surface area contributed by atoms with Crippen molar-refractivity contribution >= 4 is 39.6 Å². The molecule has 0 aliphatic rings. The number of aromatic nitrogens is 2. The minimum absolute atomic E-state index is 0.259. The number of rotatable bonds is 4. The number of hydrogen-bond acceptors (Lipinski definition) is 6. The summed E-state index contributed by atoms with van der Waals surface area (Å²) < 4.78 is 0. The summed E-state index contributed by atoms with van der Waals surface area (Å²) >= 11 is 2.55. The molecule has 0 saturated carbocycles. The van der Waals surface area contributed by atoms with E-state index in [0.717, 1.165) is 0 Å². The molecule has 0 aromatic carbocycles. The van der Waals surface area contributed by atoms with E-state index in [9.17, 15) is 9.59 Å². The van der Waals surface area contributed by atoms with Gasteiger partial charge in [0.2, 0.25) is 11.0 Å². The van der Waals surface area contributed by atoms with Crippen molar-refractivity contribution in [1.29, 1.82) is 0 Å². The molecule has 0 spiro atoms. The van der Waals surface area contributed by atoms with Gasteiger partial charge in [-0.3, -0.25) is 14.9 Å². The Morgan fingerprint density at radius 3 is 2.83 bits per heavy atom. The van der Waals surface area contributed by atoms with E-state index in [1.807, 2.05) is 0 Å². The second-order valence-electron chi connectivity index (χ2n) is 3.41.